The van der Waals surface area contributed by atoms with Crippen LogP contribution in [0.4, 0.5) is 18.9 Å². The van der Waals surface area contributed by atoms with E-state index in [1.54, 1.807) is 30.7 Å². The van der Waals surface area contributed by atoms with Gasteiger partial charge in [0.2, 0.25) is 5.91 Å². The number of carbonyl (C=O) groups is 1. The molecule has 0 aliphatic rings. The number of rotatable bonds is 5. The van der Waals surface area contributed by atoms with Crippen molar-refractivity contribution < 1.29 is 18.0 Å². The summed E-state index contributed by atoms with van der Waals surface area (Å²) in [5.41, 5.74) is 1.61. The zero-order valence-electron chi connectivity index (χ0n) is 17.2. The highest BCUT2D eigenvalue weighted by atomic mass is 35.5. The molecule has 31 heavy (non-hydrogen) atoms. The van der Waals surface area contributed by atoms with E-state index in [0.29, 0.717) is 28.6 Å². The Morgan fingerprint density at radius 2 is 1.71 bits per heavy atom. The van der Waals surface area contributed by atoms with Crippen LogP contribution in [0.1, 0.15) is 41.3 Å². The first-order valence-corrected chi connectivity index (χ1v) is 10.1. The van der Waals surface area contributed by atoms with Crippen molar-refractivity contribution in [1.29, 1.82) is 0 Å². The Morgan fingerprint density at radius 3 is 2.26 bits per heavy atom. The largest absolute Gasteiger partial charge is 0.436 e. The van der Waals surface area contributed by atoms with Gasteiger partial charge in [-0.3, -0.25) is 14.2 Å². The second-order valence-electron chi connectivity index (χ2n) is 7.19. The van der Waals surface area contributed by atoms with Crippen molar-refractivity contribution in [3.63, 3.8) is 0 Å². The molecule has 0 spiro atoms. The molecule has 3 rings (SSSR count). The molecular formula is C20H20Cl2F3N5O. The normalized spacial score (nSPS) is 12.8. The van der Waals surface area contributed by atoms with E-state index in [1.165, 1.54) is 13.8 Å². The van der Waals surface area contributed by atoms with Crippen molar-refractivity contribution in [1.82, 2.24) is 19.6 Å². The van der Waals surface area contributed by atoms with Crippen molar-refractivity contribution in [3.8, 4) is 0 Å². The Bertz CT molecular complexity index is 1120. The molecule has 1 N–H and O–H groups in total. The molecule has 0 saturated heterocycles. The predicted molar refractivity (Wildman–Crippen MR) is 113 cm³/mol. The van der Waals surface area contributed by atoms with Crippen molar-refractivity contribution in [2.45, 2.75) is 46.5 Å². The highest BCUT2D eigenvalue weighted by Crippen LogP contribution is 2.36. The summed E-state index contributed by atoms with van der Waals surface area (Å²) in [4.78, 5) is 12.8. The SMILES string of the molecule is Cc1nn(Cc2ccc(Cl)cc2)c(C)c1NC(=O)C(C)n1nc(C(F)(F)F)c(Cl)c1C. The van der Waals surface area contributed by atoms with Crippen molar-refractivity contribution >= 4 is 34.8 Å². The minimum absolute atomic E-state index is 0.0588. The van der Waals surface area contributed by atoms with Crippen LogP contribution in [0.15, 0.2) is 24.3 Å². The number of nitrogens with one attached hydrogen (secondary N) is 1. The fourth-order valence-electron chi connectivity index (χ4n) is 3.19. The van der Waals surface area contributed by atoms with Gasteiger partial charge in [-0.25, -0.2) is 0 Å². The van der Waals surface area contributed by atoms with Gasteiger partial charge in [0.05, 0.1) is 34.3 Å². The number of hydrogen-bond donors (Lipinski definition) is 1. The Kier molecular flexibility index (Phi) is 6.38. The molecular weight excluding hydrogens is 454 g/mol. The number of benzene rings is 1. The molecule has 3 aromatic rings. The van der Waals surface area contributed by atoms with E-state index in [2.05, 4.69) is 15.5 Å². The van der Waals surface area contributed by atoms with Gasteiger partial charge in [0.25, 0.3) is 0 Å². The summed E-state index contributed by atoms with van der Waals surface area (Å²) in [6, 6.07) is 6.29. The van der Waals surface area contributed by atoms with Gasteiger partial charge in [0, 0.05) is 5.02 Å². The lowest BCUT2D eigenvalue weighted by Crippen LogP contribution is -2.26. The second-order valence-corrected chi connectivity index (χ2v) is 8.00. The first kappa shape index (κ1) is 23.1. The van der Waals surface area contributed by atoms with Crippen LogP contribution < -0.4 is 5.32 Å². The molecule has 11 heteroatoms. The van der Waals surface area contributed by atoms with E-state index in [-0.39, 0.29) is 5.69 Å². The fourth-order valence-corrected chi connectivity index (χ4v) is 3.55. The molecule has 0 bridgehead atoms. The van der Waals surface area contributed by atoms with Crippen LogP contribution in [-0.4, -0.2) is 25.5 Å². The molecule has 0 aliphatic carbocycles. The molecule has 6 nitrogen and oxygen atoms in total. The summed E-state index contributed by atoms with van der Waals surface area (Å²) in [7, 11) is 0. The number of halogens is 5. The summed E-state index contributed by atoms with van der Waals surface area (Å²) < 4.78 is 42.0. The average molecular weight is 474 g/mol. The van der Waals surface area contributed by atoms with Crippen LogP contribution in [-0.2, 0) is 17.5 Å². The average Bonchev–Trinajstić information content (AvgIpc) is 3.13. The van der Waals surface area contributed by atoms with E-state index < -0.39 is 28.8 Å². The summed E-state index contributed by atoms with van der Waals surface area (Å²) in [6.45, 7) is 6.85. The third kappa shape index (κ3) is 4.72. The first-order chi connectivity index (χ1) is 14.4. The monoisotopic (exact) mass is 473 g/mol. The minimum atomic E-state index is -4.71. The maximum atomic E-state index is 13.1. The quantitative estimate of drug-likeness (QED) is 0.525. The lowest BCUT2D eigenvalue weighted by atomic mass is 10.2. The Hall–Kier alpha value is -2.52. The highest BCUT2D eigenvalue weighted by Gasteiger charge is 2.39. The number of nitrogens with zero attached hydrogens (tertiary/aromatic N) is 4. The molecule has 1 unspecified atom stereocenters. The van der Waals surface area contributed by atoms with Crippen LogP contribution in [0.3, 0.4) is 0 Å². The van der Waals surface area contributed by atoms with E-state index in [0.717, 1.165) is 10.2 Å². The van der Waals surface area contributed by atoms with Crippen LogP contribution in [0.5, 0.6) is 0 Å². The van der Waals surface area contributed by atoms with E-state index in [9.17, 15) is 18.0 Å². The molecule has 0 saturated carbocycles. The Morgan fingerprint density at radius 1 is 1.10 bits per heavy atom. The van der Waals surface area contributed by atoms with Crippen molar-refractivity contribution in [2.24, 2.45) is 0 Å². The van der Waals surface area contributed by atoms with E-state index in [1.807, 2.05) is 12.1 Å². The highest BCUT2D eigenvalue weighted by molar-refractivity contribution is 6.32. The third-order valence-electron chi connectivity index (χ3n) is 4.97. The fraction of sp³-hybridized carbons (Fsp3) is 0.350. The van der Waals surface area contributed by atoms with Crippen LogP contribution in [0, 0.1) is 20.8 Å². The number of carbonyl (C=O) groups excluding carboxylic acids is 1. The molecule has 0 fully saturated rings. The van der Waals surface area contributed by atoms with Crippen LogP contribution in [0.25, 0.3) is 0 Å². The third-order valence-corrected chi connectivity index (χ3v) is 5.67. The van der Waals surface area contributed by atoms with E-state index >= 15 is 0 Å². The maximum absolute atomic E-state index is 13.1. The maximum Gasteiger partial charge on any atom is 0.436 e. The van der Waals surface area contributed by atoms with Gasteiger partial charge < -0.3 is 5.32 Å². The number of aryl methyl sites for hydroxylation is 1. The Balaban J connectivity index is 1.82. The summed E-state index contributed by atoms with van der Waals surface area (Å²) in [5.74, 6) is -0.534. The lowest BCUT2D eigenvalue weighted by molar-refractivity contribution is -0.141. The van der Waals surface area contributed by atoms with Gasteiger partial charge in [-0.15, -0.1) is 0 Å². The van der Waals surface area contributed by atoms with Crippen molar-refractivity contribution in [3.05, 3.63) is 62.6 Å². The molecule has 0 aliphatic heterocycles. The standard InChI is InChI=1S/C20H20Cl2F3N5O/c1-10-17(12(3)29(27-10)9-14-5-7-15(21)8-6-14)26-19(31)13(4)30-11(2)16(22)18(28-30)20(23,24)25/h5-8,13H,9H2,1-4H3,(H,26,31). The Labute approximate surface area is 186 Å². The lowest BCUT2D eigenvalue weighted by Gasteiger charge is -2.15. The predicted octanol–water partition coefficient (Wildman–Crippen LogP) is 5.58. The minimum Gasteiger partial charge on any atom is -0.321 e. The number of hydrogen-bond acceptors (Lipinski definition) is 3. The summed E-state index contributed by atoms with van der Waals surface area (Å²) in [5, 5.41) is 10.8. The smallest absolute Gasteiger partial charge is 0.321 e. The molecule has 1 atom stereocenters. The molecule has 166 valence electrons. The molecule has 1 aromatic carbocycles. The van der Waals surface area contributed by atoms with Gasteiger partial charge in [0.15, 0.2) is 5.69 Å². The first-order valence-electron chi connectivity index (χ1n) is 9.31. The second kappa shape index (κ2) is 8.55. The van der Waals surface area contributed by atoms with Crippen molar-refractivity contribution in [2.75, 3.05) is 5.32 Å². The molecule has 2 aromatic heterocycles. The van der Waals surface area contributed by atoms with Crippen LogP contribution >= 0.6 is 23.2 Å². The number of alkyl halides is 3. The van der Waals surface area contributed by atoms with Crippen LogP contribution in [0.2, 0.25) is 10.0 Å². The zero-order valence-corrected chi connectivity index (χ0v) is 18.7. The number of aromatic nitrogens is 4. The molecule has 2 heterocycles. The summed E-state index contributed by atoms with van der Waals surface area (Å²) >= 11 is 11.7. The number of anilines is 1. The summed E-state index contributed by atoms with van der Waals surface area (Å²) in [6.07, 6.45) is -4.71. The molecule has 0 radical (unpaired) electrons. The molecule has 1 amide bonds. The van der Waals surface area contributed by atoms with Gasteiger partial charge >= 0.3 is 6.18 Å². The number of amides is 1. The van der Waals surface area contributed by atoms with Gasteiger partial charge in [0.1, 0.15) is 6.04 Å². The van der Waals surface area contributed by atoms with Gasteiger partial charge in [-0.05, 0) is 45.4 Å². The van der Waals surface area contributed by atoms with Gasteiger partial charge in [-0.1, -0.05) is 35.3 Å². The van der Waals surface area contributed by atoms with Gasteiger partial charge in [-0.2, -0.15) is 23.4 Å². The van der Waals surface area contributed by atoms with E-state index in [4.69, 9.17) is 23.2 Å². The zero-order chi connectivity index (χ0) is 23.1. The topological polar surface area (TPSA) is 64.7 Å².